The van der Waals surface area contributed by atoms with Crippen molar-refractivity contribution in [1.29, 1.82) is 0 Å². The molecule has 0 aliphatic carbocycles. The zero-order valence-electron chi connectivity index (χ0n) is 15.5. The number of nitrogens with one attached hydrogen (secondary N) is 1. The average molecular weight is 350 g/mol. The lowest BCUT2D eigenvalue weighted by atomic mass is 10.2. The van der Waals surface area contributed by atoms with E-state index in [-0.39, 0.29) is 0 Å². The van der Waals surface area contributed by atoms with Gasteiger partial charge >= 0.3 is 0 Å². The Hall–Kier alpha value is -2.66. The van der Waals surface area contributed by atoms with Crippen molar-refractivity contribution < 1.29 is 4.74 Å². The molecule has 0 aliphatic rings. The molecule has 0 saturated carbocycles. The normalized spacial score (nSPS) is 10.8. The molecule has 5 heteroatoms. The summed E-state index contributed by atoms with van der Waals surface area (Å²) in [7, 11) is 0. The smallest absolute Gasteiger partial charge is 0.119 e. The van der Waals surface area contributed by atoms with E-state index in [1.165, 1.54) is 5.56 Å². The molecule has 0 fully saturated rings. The minimum atomic E-state index is 0.669. The lowest BCUT2D eigenvalue weighted by molar-refractivity contribution is 0.310. The quantitative estimate of drug-likeness (QED) is 0.598. The molecule has 3 aromatic rings. The Morgan fingerprint density at radius 3 is 2.69 bits per heavy atom. The summed E-state index contributed by atoms with van der Waals surface area (Å²) in [5, 5.41) is 12.5. The molecule has 5 nitrogen and oxygen atoms in total. The van der Waals surface area contributed by atoms with E-state index >= 15 is 0 Å². The molecular weight excluding hydrogens is 324 g/mol. The summed E-state index contributed by atoms with van der Waals surface area (Å²) in [5.74, 6) is 0.921. The van der Waals surface area contributed by atoms with E-state index in [4.69, 9.17) is 4.74 Å². The van der Waals surface area contributed by atoms with Gasteiger partial charge in [0.25, 0.3) is 0 Å². The molecule has 0 amide bonds. The molecule has 2 aromatic carbocycles. The number of rotatable bonds is 9. The van der Waals surface area contributed by atoms with Crippen molar-refractivity contribution in [2.45, 2.75) is 33.2 Å². The van der Waals surface area contributed by atoms with Gasteiger partial charge in [0.2, 0.25) is 0 Å². The number of nitrogens with zero attached hydrogens (tertiary/aromatic N) is 3. The van der Waals surface area contributed by atoms with Crippen LogP contribution >= 0.6 is 0 Å². The third kappa shape index (κ3) is 4.92. The summed E-state index contributed by atoms with van der Waals surface area (Å²) in [4.78, 5) is 1.70. The van der Waals surface area contributed by atoms with Gasteiger partial charge in [-0.25, -0.2) is 0 Å². The first-order chi connectivity index (χ1) is 12.8. The van der Waals surface area contributed by atoms with Crippen LogP contribution in [0.2, 0.25) is 0 Å². The number of para-hydroxylation sites is 1. The fourth-order valence-electron chi connectivity index (χ4n) is 2.76. The minimum absolute atomic E-state index is 0.669. The largest absolute Gasteiger partial charge is 0.494 e. The molecule has 1 heterocycles. The Balaban J connectivity index is 1.50. The Bertz CT molecular complexity index is 814. The number of hydrogen-bond acceptors (Lipinski definition) is 4. The van der Waals surface area contributed by atoms with Crippen LogP contribution in [0.15, 0.2) is 54.6 Å². The maximum absolute atomic E-state index is 5.90. The van der Waals surface area contributed by atoms with Gasteiger partial charge < -0.3 is 10.1 Å². The molecule has 0 aliphatic heterocycles. The van der Waals surface area contributed by atoms with E-state index in [2.05, 4.69) is 34.6 Å². The number of hydrogen-bond donors (Lipinski definition) is 1. The Morgan fingerprint density at radius 1 is 1.04 bits per heavy atom. The second kappa shape index (κ2) is 9.15. The number of aromatic nitrogens is 3. The lowest BCUT2D eigenvalue weighted by Gasteiger charge is -2.08. The highest BCUT2D eigenvalue weighted by molar-refractivity contribution is 5.29. The van der Waals surface area contributed by atoms with Crippen molar-refractivity contribution in [3.8, 4) is 11.4 Å². The maximum atomic E-state index is 5.90. The molecule has 1 aromatic heterocycles. The average Bonchev–Trinajstić information content (AvgIpc) is 3.05. The summed E-state index contributed by atoms with van der Waals surface area (Å²) in [6, 6.07) is 18.2. The topological polar surface area (TPSA) is 52.0 Å². The van der Waals surface area contributed by atoms with Gasteiger partial charge in [-0.2, -0.15) is 15.0 Å². The van der Waals surface area contributed by atoms with Crippen LogP contribution in [0.4, 0.5) is 0 Å². The van der Waals surface area contributed by atoms with Gasteiger partial charge in [0.15, 0.2) is 0 Å². The monoisotopic (exact) mass is 350 g/mol. The van der Waals surface area contributed by atoms with Crippen LogP contribution in [0.25, 0.3) is 5.69 Å². The third-order valence-electron chi connectivity index (χ3n) is 4.17. The molecule has 0 saturated heterocycles. The first-order valence-electron chi connectivity index (χ1n) is 9.17. The van der Waals surface area contributed by atoms with Crippen LogP contribution in [0.3, 0.4) is 0 Å². The van der Waals surface area contributed by atoms with Crippen molar-refractivity contribution in [2.24, 2.45) is 0 Å². The molecule has 136 valence electrons. The van der Waals surface area contributed by atoms with E-state index < -0.39 is 0 Å². The summed E-state index contributed by atoms with van der Waals surface area (Å²) in [6.07, 6.45) is 1.77. The summed E-state index contributed by atoms with van der Waals surface area (Å²) >= 11 is 0. The predicted molar refractivity (Wildman–Crippen MR) is 104 cm³/mol. The molecule has 1 N–H and O–H groups in total. The molecule has 0 unspecified atom stereocenters. The van der Waals surface area contributed by atoms with Crippen LogP contribution in [0, 0.1) is 6.92 Å². The zero-order chi connectivity index (χ0) is 18.2. The van der Waals surface area contributed by atoms with Crippen molar-refractivity contribution in [3.63, 3.8) is 0 Å². The van der Waals surface area contributed by atoms with Gasteiger partial charge in [-0.15, -0.1) is 0 Å². The van der Waals surface area contributed by atoms with Gasteiger partial charge in [0, 0.05) is 6.54 Å². The number of ether oxygens (including phenoxy) is 1. The van der Waals surface area contributed by atoms with E-state index in [9.17, 15) is 0 Å². The van der Waals surface area contributed by atoms with Crippen molar-refractivity contribution >= 4 is 0 Å². The van der Waals surface area contributed by atoms with Crippen LogP contribution in [-0.2, 0) is 13.0 Å². The van der Waals surface area contributed by atoms with Crippen LogP contribution in [0.1, 0.15) is 30.3 Å². The summed E-state index contributed by atoms with van der Waals surface area (Å²) < 4.78 is 5.90. The molecule has 0 atom stereocenters. The lowest BCUT2D eigenvalue weighted by Crippen LogP contribution is -2.11. The van der Waals surface area contributed by atoms with Gasteiger partial charge in [-0.05, 0) is 56.1 Å². The Morgan fingerprint density at radius 2 is 1.88 bits per heavy atom. The van der Waals surface area contributed by atoms with Crippen LogP contribution < -0.4 is 10.1 Å². The van der Waals surface area contributed by atoms with E-state index in [0.717, 1.165) is 48.8 Å². The second-order valence-electron chi connectivity index (χ2n) is 6.24. The van der Waals surface area contributed by atoms with Crippen molar-refractivity contribution in [1.82, 2.24) is 20.3 Å². The maximum Gasteiger partial charge on any atom is 0.119 e. The van der Waals surface area contributed by atoms with Gasteiger partial charge in [-0.3, -0.25) is 0 Å². The van der Waals surface area contributed by atoms with E-state index in [0.29, 0.717) is 6.61 Å². The summed E-state index contributed by atoms with van der Waals surface area (Å²) in [5.41, 5.74) is 4.22. The number of benzene rings is 2. The van der Waals surface area contributed by atoms with Gasteiger partial charge in [0.05, 0.1) is 23.7 Å². The first-order valence-corrected chi connectivity index (χ1v) is 9.17. The molecule has 26 heavy (non-hydrogen) atoms. The highest BCUT2D eigenvalue weighted by Gasteiger charge is 2.08. The Labute approximate surface area is 155 Å². The predicted octanol–water partition coefficient (Wildman–Crippen LogP) is 3.70. The molecular formula is C21H26N4O. The zero-order valence-corrected chi connectivity index (χ0v) is 15.5. The van der Waals surface area contributed by atoms with Gasteiger partial charge in [0.1, 0.15) is 5.75 Å². The standard InChI is InChI=1S/C21H26N4O/c1-3-22-16-18-9-7-12-20(15-18)26-14-8-13-21-17(2)23-25(24-21)19-10-5-4-6-11-19/h4-7,9-12,15,22H,3,8,13-14,16H2,1-2H3. The van der Waals surface area contributed by atoms with Crippen molar-refractivity contribution in [2.75, 3.05) is 13.2 Å². The fourth-order valence-corrected chi connectivity index (χ4v) is 2.76. The molecule has 3 rings (SSSR count). The molecule has 0 spiro atoms. The fraction of sp³-hybridized carbons (Fsp3) is 0.333. The van der Waals surface area contributed by atoms with Crippen LogP contribution in [-0.4, -0.2) is 28.1 Å². The second-order valence-corrected chi connectivity index (χ2v) is 6.24. The Kier molecular flexibility index (Phi) is 6.39. The highest BCUT2D eigenvalue weighted by Crippen LogP contribution is 2.14. The molecule has 0 radical (unpaired) electrons. The number of aryl methyl sites for hydroxylation is 2. The van der Waals surface area contributed by atoms with Crippen LogP contribution in [0.5, 0.6) is 5.75 Å². The highest BCUT2D eigenvalue weighted by atomic mass is 16.5. The van der Waals surface area contributed by atoms with E-state index in [1.54, 1.807) is 4.80 Å². The SMILES string of the molecule is CCNCc1cccc(OCCCc2nn(-c3ccccc3)nc2C)c1. The van der Waals surface area contributed by atoms with Gasteiger partial charge in [-0.1, -0.05) is 37.3 Å². The van der Waals surface area contributed by atoms with Crippen molar-refractivity contribution in [3.05, 3.63) is 71.5 Å². The minimum Gasteiger partial charge on any atom is -0.494 e. The first kappa shape index (κ1) is 18.1. The van der Waals surface area contributed by atoms with E-state index in [1.807, 2.05) is 49.4 Å². The molecule has 0 bridgehead atoms. The third-order valence-corrected chi connectivity index (χ3v) is 4.17. The summed E-state index contributed by atoms with van der Waals surface area (Å²) in [6.45, 7) is 6.62.